The molecule has 0 saturated heterocycles. The minimum Gasteiger partial charge on any atom is -0.496 e. The van der Waals surface area contributed by atoms with E-state index in [9.17, 15) is 9.59 Å². The number of ketones is 1. The van der Waals surface area contributed by atoms with Gasteiger partial charge in [0.15, 0.2) is 5.78 Å². The monoisotopic (exact) mass is 632 g/mol. The Morgan fingerprint density at radius 3 is 1.74 bits per heavy atom. The van der Waals surface area contributed by atoms with Crippen LogP contribution in [0.2, 0.25) is 0 Å². The van der Waals surface area contributed by atoms with Gasteiger partial charge in [-0.2, -0.15) is 0 Å². The molecule has 1 atom stereocenters. The molecule has 5 nitrogen and oxygen atoms in total. The molecule has 0 aliphatic carbocycles. The van der Waals surface area contributed by atoms with E-state index >= 15 is 0 Å². The molecule has 1 heterocycles. The number of hydrogen-bond acceptors (Lipinski definition) is 5. The lowest BCUT2D eigenvalue weighted by atomic mass is 9.76. The van der Waals surface area contributed by atoms with Gasteiger partial charge in [-0.3, -0.25) is 4.79 Å². The van der Waals surface area contributed by atoms with E-state index in [0.717, 1.165) is 0 Å². The second kappa shape index (κ2) is 20.9. The van der Waals surface area contributed by atoms with Crippen molar-refractivity contribution in [3.05, 3.63) is 69.6 Å². The van der Waals surface area contributed by atoms with Crippen LogP contribution in [0.3, 0.4) is 0 Å². The number of carbonyl (C=O) groups is 1. The maximum Gasteiger partial charge on any atom is 0.347 e. The third-order valence-electron chi connectivity index (χ3n) is 9.63. The highest BCUT2D eigenvalue weighted by atomic mass is 16.5. The van der Waals surface area contributed by atoms with Gasteiger partial charge in [0.2, 0.25) is 0 Å². The first-order valence-corrected chi connectivity index (χ1v) is 18.3. The maximum atomic E-state index is 13.7. The van der Waals surface area contributed by atoms with Crippen molar-refractivity contribution in [2.75, 3.05) is 14.2 Å². The van der Waals surface area contributed by atoms with Crippen molar-refractivity contribution in [1.29, 1.82) is 0 Å². The van der Waals surface area contributed by atoms with E-state index in [1.54, 1.807) is 32.4 Å². The summed E-state index contributed by atoms with van der Waals surface area (Å²) in [5.41, 5.74) is 1.50. The number of benzene rings is 2. The molecule has 3 aromatic rings. The summed E-state index contributed by atoms with van der Waals surface area (Å²) in [7, 11) is 3.09. The molecule has 2 aromatic carbocycles. The van der Waals surface area contributed by atoms with Crippen molar-refractivity contribution in [3.8, 4) is 11.5 Å². The first-order valence-electron chi connectivity index (χ1n) is 18.3. The molecule has 0 aliphatic rings. The molecule has 0 radical (unpaired) electrons. The van der Waals surface area contributed by atoms with Crippen molar-refractivity contribution >= 4 is 16.8 Å². The summed E-state index contributed by atoms with van der Waals surface area (Å²) in [6.45, 7) is 6.83. The van der Waals surface area contributed by atoms with E-state index in [2.05, 4.69) is 32.9 Å². The number of ether oxygens (including phenoxy) is 2. The summed E-state index contributed by atoms with van der Waals surface area (Å²) in [4.78, 5) is 26.6. The molecule has 1 aromatic heterocycles. The van der Waals surface area contributed by atoms with Crippen LogP contribution in [0.1, 0.15) is 164 Å². The van der Waals surface area contributed by atoms with Gasteiger partial charge in [0.25, 0.3) is 0 Å². The van der Waals surface area contributed by atoms with Crippen molar-refractivity contribution < 1.29 is 18.7 Å². The second-order valence-corrected chi connectivity index (χ2v) is 13.1. The zero-order chi connectivity index (χ0) is 33.1. The second-order valence-electron chi connectivity index (χ2n) is 13.1. The first kappa shape index (κ1) is 37.4. The summed E-state index contributed by atoms with van der Waals surface area (Å²) in [6, 6.07) is 13.1. The van der Waals surface area contributed by atoms with Crippen LogP contribution in [0.5, 0.6) is 11.5 Å². The lowest BCUT2D eigenvalue weighted by Gasteiger charge is -2.29. The highest BCUT2D eigenvalue weighted by molar-refractivity contribution is 6.10. The standard InChI is InChI=1S/C41H60O5/c1-6-9-12-15-18-21-31(22-19-16-13-10-7-2)35(23-20-17-14-11-8-3)32-24-26-33(27-25-32)40(42)37-30-36-38(45-5)28-34(44-4)29-39(36)46-41(37)43/h24-31,35H,6-23H2,1-5H3. The minimum atomic E-state index is -0.659. The third kappa shape index (κ3) is 11.3. The minimum absolute atomic E-state index is 0.00762. The van der Waals surface area contributed by atoms with Crippen LogP contribution in [-0.2, 0) is 0 Å². The quantitative estimate of drug-likeness (QED) is 0.0558. The van der Waals surface area contributed by atoms with E-state index in [0.29, 0.717) is 39.9 Å². The summed E-state index contributed by atoms with van der Waals surface area (Å²) in [5.74, 6) is 1.82. The number of methoxy groups -OCH3 is 2. The SMILES string of the molecule is CCCCCCCC(CCCCCCC)C(CCCCCCC)c1ccc(C(=O)c2cc3c(OC)cc(OC)cc3oc2=O)cc1. The molecule has 3 rings (SSSR count). The van der Waals surface area contributed by atoms with Crippen LogP contribution in [-0.4, -0.2) is 20.0 Å². The molecule has 0 N–H and O–H groups in total. The Balaban J connectivity index is 1.86. The lowest BCUT2D eigenvalue weighted by Crippen LogP contribution is -2.16. The molecule has 254 valence electrons. The first-order chi connectivity index (χ1) is 22.5. The Bertz CT molecular complexity index is 1340. The van der Waals surface area contributed by atoms with E-state index < -0.39 is 5.63 Å². The zero-order valence-corrected chi connectivity index (χ0v) is 29.5. The number of unbranched alkanes of at least 4 members (excludes halogenated alkanes) is 12. The van der Waals surface area contributed by atoms with Gasteiger partial charge < -0.3 is 13.9 Å². The Morgan fingerprint density at radius 1 is 0.674 bits per heavy atom. The molecule has 5 heteroatoms. The molecular weight excluding hydrogens is 572 g/mol. The Morgan fingerprint density at radius 2 is 1.22 bits per heavy atom. The van der Waals surface area contributed by atoms with Crippen LogP contribution >= 0.6 is 0 Å². The van der Waals surface area contributed by atoms with E-state index in [1.165, 1.54) is 121 Å². The Hall–Kier alpha value is -3.08. The molecule has 0 fully saturated rings. The summed E-state index contributed by atoms with van der Waals surface area (Å²) >= 11 is 0. The van der Waals surface area contributed by atoms with Crippen LogP contribution in [0, 0.1) is 5.92 Å². The van der Waals surface area contributed by atoms with Crippen LogP contribution in [0.4, 0.5) is 0 Å². The molecule has 0 saturated carbocycles. The van der Waals surface area contributed by atoms with Crippen LogP contribution < -0.4 is 15.1 Å². The average Bonchev–Trinajstić information content (AvgIpc) is 3.08. The van der Waals surface area contributed by atoms with Crippen molar-refractivity contribution in [1.82, 2.24) is 0 Å². The fourth-order valence-corrected chi connectivity index (χ4v) is 6.85. The largest absolute Gasteiger partial charge is 0.496 e. The van der Waals surface area contributed by atoms with Crippen molar-refractivity contribution in [3.63, 3.8) is 0 Å². The van der Waals surface area contributed by atoms with Crippen molar-refractivity contribution in [2.24, 2.45) is 5.92 Å². The van der Waals surface area contributed by atoms with Crippen LogP contribution in [0.15, 0.2) is 51.7 Å². The number of fused-ring (bicyclic) bond motifs is 1. The summed E-state index contributed by atoms with van der Waals surface area (Å²) < 4.78 is 16.4. The number of rotatable bonds is 24. The van der Waals surface area contributed by atoms with Gasteiger partial charge in [0.05, 0.1) is 19.6 Å². The predicted octanol–water partition coefficient (Wildman–Crippen LogP) is 11.8. The van der Waals surface area contributed by atoms with E-state index in [-0.39, 0.29) is 11.3 Å². The van der Waals surface area contributed by atoms with Gasteiger partial charge in [-0.25, -0.2) is 4.79 Å². The van der Waals surface area contributed by atoms with E-state index in [1.807, 2.05) is 12.1 Å². The summed E-state index contributed by atoms with van der Waals surface area (Å²) in [5, 5.41) is 0.562. The average molecular weight is 633 g/mol. The molecular formula is C41H60O5. The zero-order valence-electron chi connectivity index (χ0n) is 29.5. The van der Waals surface area contributed by atoms with Gasteiger partial charge in [0.1, 0.15) is 22.6 Å². The molecule has 46 heavy (non-hydrogen) atoms. The Kier molecular flexibility index (Phi) is 17.0. The van der Waals surface area contributed by atoms with Crippen LogP contribution in [0.25, 0.3) is 11.0 Å². The summed E-state index contributed by atoms with van der Waals surface area (Å²) in [6.07, 6.45) is 23.3. The smallest absolute Gasteiger partial charge is 0.347 e. The van der Waals surface area contributed by atoms with E-state index in [4.69, 9.17) is 13.9 Å². The molecule has 1 unspecified atom stereocenters. The van der Waals surface area contributed by atoms with Crippen molar-refractivity contribution in [2.45, 2.75) is 142 Å². The van der Waals surface area contributed by atoms with Gasteiger partial charge in [-0.1, -0.05) is 141 Å². The van der Waals surface area contributed by atoms with Gasteiger partial charge in [-0.15, -0.1) is 0 Å². The topological polar surface area (TPSA) is 65.7 Å². The fraction of sp³-hybridized carbons (Fsp3) is 0.610. The molecule has 0 spiro atoms. The third-order valence-corrected chi connectivity index (χ3v) is 9.63. The lowest BCUT2D eigenvalue weighted by molar-refractivity contribution is 0.103. The van der Waals surface area contributed by atoms with Gasteiger partial charge in [0, 0.05) is 17.7 Å². The van der Waals surface area contributed by atoms with Gasteiger partial charge in [-0.05, 0) is 42.7 Å². The number of carbonyl (C=O) groups excluding carboxylic acids is 1. The predicted molar refractivity (Wildman–Crippen MR) is 192 cm³/mol. The highest BCUT2D eigenvalue weighted by Crippen LogP contribution is 2.38. The highest BCUT2D eigenvalue weighted by Gasteiger charge is 2.24. The normalized spacial score (nSPS) is 12.1. The van der Waals surface area contributed by atoms with Gasteiger partial charge >= 0.3 is 5.63 Å². The maximum absolute atomic E-state index is 13.7. The molecule has 0 amide bonds. The molecule has 0 aliphatic heterocycles. The molecule has 0 bridgehead atoms. The Labute approximate surface area is 278 Å². The fourth-order valence-electron chi connectivity index (χ4n) is 6.85. The number of hydrogen-bond donors (Lipinski definition) is 0.